The van der Waals surface area contributed by atoms with E-state index >= 15 is 0 Å². The number of halogens is 1. The Balaban J connectivity index is 1.68. The first kappa shape index (κ1) is 22.8. The summed E-state index contributed by atoms with van der Waals surface area (Å²) in [6, 6.07) is 14.4. The number of aryl methyl sites for hydroxylation is 1. The van der Waals surface area contributed by atoms with Crippen LogP contribution in [0.15, 0.2) is 42.5 Å². The monoisotopic (exact) mass is 427 g/mol. The molecule has 5 heteroatoms. The number of benzene rings is 2. The quantitative estimate of drug-likeness (QED) is 0.598. The smallest absolute Gasteiger partial charge is 0.223 e. The van der Waals surface area contributed by atoms with Gasteiger partial charge in [0, 0.05) is 44.2 Å². The van der Waals surface area contributed by atoms with Gasteiger partial charge in [-0.2, -0.15) is 0 Å². The van der Waals surface area contributed by atoms with Crippen molar-refractivity contribution in [3.63, 3.8) is 0 Å². The standard InChI is InChI=1S/C25H34ClN3O/c1-4-28-15-14-23-20(9-7-10-21(23)18-28)12-13-25(30)29(17-16-27(2)3)19-22-8-5-6-11-24(22)26/h5-11H,4,12-19H2,1-3H3. The molecule has 0 N–H and O–H groups in total. The molecular formula is C25H34ClN3O. The molecule has 0 aromatic heterocycles. The van der Waals surface area contributed by atoms with Crippen LogP contribution in [0, 0.1) is 0 Å². The first-order chi connectivity index (χ1) is 14.5. The molecule has 1 amide bonds. The van der Waals surface area contributed by atoms with Gasteiger partial charge in [-0.05, 0) is 61.8 Å². The second kappa shape index (κ2) is 10.9. The Hall–Kier alpha value is -1.88. The maximum absolute atomic E-state index is 13.2. The number of carbonyl (C=O) groups is 1. The van der Waals surface area contributed by atoms with E-state index in [9.17, 15) is 4.79 Å². The molecule has 0 aliphatic carbocycles. The van der Waals surface area contributed by atoms with Gasteiger partial charge < -0.3 is 9.80 Å². The predicted molar refractivity (Wildman–Crippen MR) is 125 cm³/mol. The van der Waals surface area contributed by atoms with Gasteiger partial charge in [0.05, 0.1) is 0 Å². The van der Waals surface area contributed by atoms with E-state index in [4.69, 9.17) is 11.6 Å². The zero-order valence-corrected chi connectivity index (χ0v) is 19.3. The van der Waals surface area contributed by atoms with Crippen molar-refractivity contribution in [3.05, 3.63) is 69.7 Å². The minimum atomic E-state index is 0.195. The summed E-state index contributed by atoms with van der Waals surface area (Å²) < 4.78 is 0. The van der Waals surface area contributed by atoms with E-state index in [1.165, 1.54) is 16.7 Å². The normalized spacial score (nSPS) is 14.0. The molecule has 1 heterocycles. The SMILES string of the molecule is CCN1CCc2c(CCC(=O)N(CCN(C)C)Cc3ccccc3Cl)cccc2C1. The van der Waals surface area contributed by atoms with Crippen molar-refractivity contribution < 1.29 is 4.79 Å². The lowest BCUT2D eigenvalue weighted by atomic mass is 9.92. The van der Waals surface area contributed by atoms with Gasteiger partial charge >= 0.3 is 0 Å². The molecule has 0 saturated heterocycles. The topological polar surface area (TPSA) is 26.8 Å². The maximum atomic E-state index is 13.2. The average Bonchev–Trinajstić information content (AvgIpc) is 2.75. The van der Waals surface area contributed by atoms with Crippen LogP contribution in [0.2, 0.25) is 5.02 Å². The van der Waals surface area contributed by atoms with E-state index in [0.717, 1.165) is 49.6 Å². The lowest BCUT2D eigenvalue weighted by Gasteiger charge is -2.29. The number of nitrogens with zero attached hydrogens (tertiary/aromatic N) is 3. The number of carbonyl (C=O) groups excluding carboxylic acids is 1. The summed E-state index contributed by atoms with van der Waals surface area (Å²) in [5.41, 5.74) is 5.22. The summed E-state index contributed by atoms with van der Waals surface area (Å²) in [7, 11) is 4.07. The van der Waals surface area contributed by atoms with E-state index in [-0.39, 0.29) is 5.91 Å². The summed E-state index contributed by atoms with van der Waals surface area (Å²) in [5.74, 6) is 0.195. The highest BCUT2D eigenvalue weighted by atomic mass is 35.5. The third-order valence-electron chi connectivity index (χ3n) is 5.99. The van der Waals surface area contributed by atoms with Gasteiger partial charge in [0.1, 0.15) is 0 Å². The molecule has 3 rings (SSSR count). The molecule has 2 aromatic carbocycles. The minimum absolute atomic E-state index is 0.195. The molecular weight excluding hydrogens is 394 g/mol. The zero-order valence-electron chi connectivity index (χ0n) is 18.5. The van der Waals surface area contributed by atoms with Crippen LogP contribution in [0.25, 0.3) is 0 Å². The fraction of sp³-hybridized carbons (Fsp3) is 0.480. The van der Waals surface area contributed by atoms with Gasteiger partial charge in [-0.25, -0.2) is 0 Å². The van der Waals surface area contributed by atoms with E-state index in [1.807, 2.05) is 43.3 Å². The highest BCUT2D eigenvalue weighted by molar-refractivity contribution is 6.31. The summed E-state index contributed by atoms with van der Waals surface area (Å²) in [6.45, 7) is 7.54. The van der Waals surface area contributed by atoms with Crippen LogP contribution in [0.1, 0.15) is 35.6 Å². The highest BCUT2D eigenvalue weighted by Crippen LogP contribution is 2.24. The number of likely N-dealkylation sites (N-methyl/N-ethyl adjacent to an activating group) is 2. The minimum Gasteiger partial charge on any atom is -0.337 e. The molecule has 0 bridgehead atoms. The molecule has 1 aliphatic rings. The van der Waals surface area contributed by atoms with Crippen molar-refractivity contribution in [2.75, 3.05) is 40.3 Å². The highest BCUT2D eigenvalue weighted by Gasteiger charge is 2.20. The number of hydrogen-bond donors (Lipinski definition) is 0. The molecule has 0 atom stereocenters. The van der Waals surface area contributed by atoms with Crippen molar-refractivity contribution in [2.24, 2.45) is 0 Å². The molecule has 2 aromatic rings. The van der Waals surface area contributed by atoms with Crippen molar-refractivity contribution >= 4 is 17.5 Å². The van der Waals surface area contributed by atoms with Gasteiger partial charge in [-0.15, -0.1) is 0 Å². The third kappa shape index (κ3) is 6.07. The summed E-state index contributed by atoms with van der Waals surface area (Å²) in [5, 5.41) is 0.720. The molecule has 0 unspecified atom stereocenters. The Kier molecular flexibility index (Phi) is 8.32. The fourth-order valence-electron chi connectivity index (χ4n) is 4.10. The molecule has 0 radical (unpaired) electrons. The zero-order chi connectivity index (χ0) is 21.5. The van der Waals surface area contributed by atoms with Crippen molar-refractivity contribution in [2.45, 2.75) is 39.3 Å². The summed E-state index contributed by atoms with van der Waals surface area (Å²) in [6.07, 6.45) is 2.42. The summed E-state index contributed by atoms with van der Waals surface area (Å²) >= 11 is 6.36. The van der Waals surface area contributed by atoms with E-state index in [2.05, 4.69) is 34.9 Å². The van der Waals surface area contributed by atoms with Crippen LogP contribution in [0.5, 0.6) is 0 Å². The molecule has 1 aliphatic heterocycles. The Bertz CT molecular complexity index is 852. The molecule has 30 heavy (non-hydrogen) atoms. The van der Waals surface area contributed by atoms with Gasteiger partial charge in [-0.3, -0.25) is 9.69 Å². The van der Waals surface area contributed by atoms with Crippen LogP contribution < -0.4 is 0 Å². The van der Waals surface area contributed by atoms with Crippen molar-refractivity contribution in [3.8, 4) is 0 Å². The van der Waals surface area contributed by atoms with E-state index < -0.39 is 0 Å². The maximum Gasteiger partial charge on any atom is 0.223 e. The van der Waals surface area contributed by atoms with Crippen LogP contribution in [-0.4, -0.2) is 60.9 Å². The third-order valence-corrected chi connectivity index (χ3v) is 6.36. The average molecular weight is 428 g/mol. The first-order valence-electron chi connectivity index (χ1n) is 11.0. The van der Waals surface area contributed by atoms with Crippen molar-refractivity contribution in [1.29, 1.82) is 0 Å². The number of fused-ring (bicyclic) bond motifs is 1. The Morgan fingerprint density at radius 2 is 1.83 bits per heavy atom. The predicted octanol–water partition coefficient (Wildman–Crippen LogP) is 4.24. The number of amides is 1. The van der Waals surface area contributed by atoms with Gasteiger partial charge in [0.2, 0.25) is 5.91 Å². The van der Waals surface area contributed by atoms with Crippen LogP contribution in [0.3, 0.4) is 0 Å². The van der Waals surface area contributed by atoms with Crippen LogP contribution >= 0.6 is 11.6 Å². The Morgan fingerprint density at radius 1 is 1.07 bits per heavy atom. The molecule has 0 fully saturated rings. The summed E-state index contributed by atoms with van der Waals surface area (Å²) in [4.78, 5) is 19.7. The lowest BCUT2D eigenvalue weighted by Crippen LogP contribution is -2.36. The first-order valence-corrected chi connectivity index (χ1v) is 11.3. The molecule has 4 nitrogen and oxygen atoms in total. The van der Waals surface area contributed by atoms with E-state index in [0.29, 0.717) is 19.5 Å². The van der Waals surface area contributed by atoms with Gasteiger partial charge in [0.25, 0.3) is 0 Å². The van der Waals surface area contributed by atoms with Crippen molar-refractivity contribution in [1.82, 2.24) is 14.7 Å². The fourth-order valence-corrected chi connectivity index (χ4v) is 4.29. The second-order valence-corrected chi connectivity index (χ2v) is 8.79. The number of hydrogen-bond acceptors (Lipinski definition) is 3. The second-order valence-electron chi connectivity index (χ2n) is 8.38. The molecule has 0 spiro atoms. The largest absolute Gasteiger partial charge is 0.337 e. The van der Waals surface area contributed by atoms with Gasteiger partial charge in [0.15, 0.2) is 0 Å². The number of rotatable bonds is 9. The Labute approximate surface area is 186 Å². The van der Waals surface area contributed by atoms with Crippen LogP contribution in [0.4, 0.5) is 0 Å². The van der Waals surface area contributed by atoms with Crippen LogP contribution in [-0.2, 0) is 30.7 Å². The molecule has 162 valence electrons. The molecule has 0 saturated carbocycles. The Morgan fingerprint density at radius 3 is 2.57 bits per heavy atom. The van der Waals surface area contributed by atoms with E-state index in [1.54, 1.807) is 0 Å². The lowest BCUT2D eigenvalue weighted by molar-refractivity contribution is -0.131. The van der Waals surface area contributed by atoms with Gasteiger partial charge in [-0.1, -0.05) is 54.9 Å².